The molecule has 0 atom stereocenters. The van der Waals surface area contributed by atoms with E-state index in [4.69, 9.17) is 9.72 Å². The first-order valence-electron chi connectivity index (χ1n) is 6.97. The van der Waals surface area contributed by atoms with Gasteiger partial charge in [0.25, 0.3) is 0 Å². The number of carbonyl (C=O) groups is 1. The van der Waals surface area contributed by atoms with E-state index in [1.807, 2.05) is 47.7 Å². The van der Waals surface area contributed by atoms with Gasteiger partial charge in [0.1, 0.15) is 0 Å². The van der Waals surface area contributed by atoms with E-state index in [0.717, 1.165) is 26.8 Å². The van der Waals surface area contributed by atoms with Gasteiger partial charge in [-0.25, -0.2) is 9.78 Å². The molecule has 0 saturated carbocycles. The van der Waals surface area contributed by atoms with Crippen molar-refractivity contribution >= 4 is 44.3 Å². The highest BCUT2D eigenvalue weighted by Gasteiger charge is 2.16. The van der Waals surface area contributed by atoms with Gasteiger partial charge in [-0.05, 0) is 31.2 Å². The second kappa shape index (κ2) is 5.61. The van der Waals surface area contributed by atoms with E-state index < -0.39 is 0 Å². The van der Waals surface area contributed by atoms with E-state index in [0.29, 0.717) is 12.2 Å². The van der Waals surface area contributed by atoms with Gasteiger partial charge >= 0.3 is 5.97 Å². The number of aromatic nitrogens is 2. The minimum Gasteiger partial charge on any atom is -0.462 e. The smallest absolute Gasteiger partial charge is 0.339 e. The lowest BCUT2D eigenvalue weighted by Crippen LogP contribution is -2.12. The van der Waals surface area contributed by atoms with E-state index >= 15 is 0 Å². The lowest BCUT2D eigenvalue weighted by molar-refractivity contribution is 0.0526. The van der Waals surface area contributed by atoms with Crippen LogP contribution in [0.4, 0.5) is 5.82 Å². The van der Waals surface area contributed by atoms with E-state index in [2.05, 4.69) is 15.9 Å². The molecule has 0 unspecified atom stereocenters. The molecule has 2 heterocycles. The Labute approximate surface area is 136 Å². The Morgan fingerprint density at radius 3 is 2.77 bits per heavy atom. The molecule has 6 heteroatoms. The number of nitrogens with zero attached hydrogens (tertiary/aromatic N) is 3. The van der Waals surface area contributed by atoms with Gasteiger partial charge in [0.15, 0.2) is 5.82 Å². The molecule has 0 radical (unpaired) electrons. The molecule has 0 aliphatic rings. The molecule has 114 valence electrons. The van der Waals surface area contributed by atoms with Gasteiger partial charge in [0.2, 0.25) is 0 Å². The van der Waals surface area contributed by atoms with Crippen LogP contribution in [0, 0.1) is 0 Å². The lowest BCUT2D eigenvalue weighted by Gasteiger charge is -2.15. The van der Waals surface area contributed by atoms with Gasteiger partial charge in [0.05, 0.1) is 28.7 Å². The van der Waals surface area contributed by atoms with E-state index in [-0.39, 0.29) is 5.97 Å². The van der Waals surface area contributed by atoms with Gasteiger partial charge in [-0.2, -0.15) is 0 Å². The SMILES string of the molecule is CCOC(=O)c1cc2c(N(C)C)nc3ccc(Br)cc3n2c1. The van der Waals surface area contributed by atoms with Crippen molar-refractivity contribution in [2.75, 3.05) is 25.6 Å². The molecule has 0 saturated heterocycles. The maximum atomic E-state index is 12.0. The molecule has 22 heavy (non-hydrogen) atoms. The molecule has 0 aliphatic heterocycles. The zero-order chi connectivity index (χ0) is 15.9. The van der Waals surface area contributed by atoms with Gasteiger partial charge in [0, 0.05) is 24.8 Å². The zero-order valence-electron chi connectivity index (χ0n) is 12.6. The van der Waals surface area contributed by atoms with Gasteiger partial charge in [-0.3, -0.25) is 0 Å². The Kier molecular flexibility index (Phi) is 3.78. The van der Waals surface area contributed by atoms with Crippen molar-refractivity contribution in [3.8, 4) is 0 Å². The Balaban J connectivity index is 2.34. The van der Waals surface area contributed by atoms with Crippen molar-refractivity contribution < 1.29 is 9.53 Å². The number of anilines is 1. The molecule has 0 amide bonds. The summed E-state index contributed by atoms with van der Waals surface area (Å²) in [7, 11) is 3.87. The number of esters is 1. The van der Waals surface area contributed by atoms with E-state index in [1.165, 1.54) is 0 Å². The summed E-state index contributed by atoms with van der Waals surface area (Å²) in [6.45, 7) is 2.16. The molecule has 1 aromatic carbocycles. The fourth-order valence-corrected chi connectivity index (χ4v) is 2.79. The van der Waals surface area contributed by atoms with Crippen molar-refractivity contribution in [2.24, 2.45) is 0 Å². The van der Waals surface area contributed by atoms with E-state index in [1.54, 1.807) is 13.1 Å². The molecule has 2 aromatic heterocycles. The third-order valence-corrected chi connectivity index (χ3v) is 3.90. The Morgan fingerprint density at radius 2 is 2.09 bits per heavy atom. The van der Waals surface area contributed by atoms with Crippen molar-refractivity contribution in [1.29, 1.82) is 0 Å². The number of halogens is 1. The van der Waals surface area contributed by atoms with Crippen LogP contribution >= 0.6 is 15.9 Å². The van der Waals surface area contributed by atoms with Crippen LogP contribution < -0.4 is 4.90 Å². The molecular weight excluding hydrogens is 346 g/mol. The fourth-order valence-electron chi connectivity index (χ4n) is 2.44. The predicted octanol–water partition coefficient (Wildman–Crippen LogP) is 3.49. The summed E-state index contributed by atoms with van der Waals surface area (Å²) in [6, 6.07) is 7.72. The summed E-state index contributed by atoms with van der Waals surface area (Å²) in [5.41, 5.74) is 3.20. The number of ether oxygens (including phenoxy) is 1. The minimum atomic E-state index is -0.320. The first-order valence-corrected chi connectivity index (χ1v) is 7.76. The van der Waals surface area contributed by atoms with Crippen LogP contribution in [0.2, 0.25) is 0 Å². The highest BCUT2D eigenvalue weighted by atomic mass is 79.9. The van der Waals surface area contributed by atoms with Crippen LogP contribution in [0.1, 0.15) is 17.3 Å². The minimum absolute atomic E-state index is 0.320. The van der Waals surface area contributed by atoms with Crippen molar-refractivity contribution in [2.45, 2.75) is 6.92 Å². The monoisotopic (exact) mass is 361 g/mol. The number of benzene rings is 1. The van der Waals surface area contributed by atoms with Crippen molar-refractivity contribution in [1.82, 2.24) is 9.38 Å². The summed E-state index contributed by atoms with van der Waals surface area (Å²) >= 11 is 3.48. The summed E-state index contributed by atoms with van der Waals surface area (Å²) in [6.07, 6.45) is 1.80. The first kappa shape index (κ1) is 14.8. The molecule has 0 aliphatic carbocycles. The van der Waals surface area contributed by atoms with Gasteiger partial charge in [-0.15, -0.1) is 0 Å². The Bertz CT molecular complexity index is 871. The topological polar surface area (TPSA) is 46.8 Å². The fraction of sp³-hybridized carbons (Fsp3) is 0.250. The quantitative estimate of drug-likeness (QED) is 0.670. The van der Waals surface area contributed by atoms with Crippen LogP contribution in [-0.4, -0.2) is 36.1 Å². The second-order valence-corrected chi connectivity index (χ2v) is 6.08. The molecule has 0 fully saturated rings. The number of fused-ring (bicyclic) bond motifs is 3. The average Bonchev–Trinajstić information content (AvgIpc) is 2.92. The number of hydrogen-bond donors (Lipinski definition) is 0. The largest absolute Gasteiger partial charge is 0.462 e. The third-order valence-electron chi connectivity index (χ3n) is 3.41. The highest BCUT2D eigenvalue weighted by Crippen LogP contribution is 2.27. The maximum absolute atomic E-state index is 12.0. The molecule has 5 nitrogen and oxygen atoms in total. The van der Waals surface area contributed by atoms with Crippen LogP contribution in [0.25, 0.3) is 16.6 Å². The highest BCUT2D eigenvalue weighted by molar-refractivity contribution is 9.10. The Morgan fingerprint density at radius 1 is 1.32 bits per heavy atom. The average molecular weight is 362 g/mol. The van der Waals surface area contributed by atoms with Crippen LogP contribution in [0.3, 0.4) is 0 Å². The maximum Gasteiger partial charge on any atom is 0.339 e. The number of rotatable bonds is 3. The molecule has 0 N–H and O–H groups in total. The lowest BCUT2D eigenvalue weighted by atomic mass is 10.3. The number of hydrogen-bond acceptors (Lipinski definition) is 4. The third kappa shape index (κ3) is 2.43. The normalized spacial score (nSPS) is 11.1. The summed E-state index contributed by atoms with van der Waals surface area (Å²) in [5.74, 6) is 0.490. The summed E-state index contributed by atoms with van der Waals surface area (Å²) < 4.78 is 8.04. The first-order chi connectivity index (χ1) is 10.5. The standard InChI is InChI=1S/C16H16BrN3O2/c1-4-22-16(21)10-7-14-15(19(2)3)18-12-6-5-11(17)8-13(12)20(14)9-10/h5-9H,4H2,1-3H3. The molecule has 3 aromatic rings. The molecule has 3 rings (SSSR count). The van der Waals surface area contributed by atoms with Crippen molar-refractivity contribution in [3.63, 3.8) is 0 Å². The van der Waals surface area contributed by atoms with Crippen LogP contribution in [-0.2, 0) is 4.74 Å². The predicted molar refractivity (Wildman–Crippen MR) is 90.7 cm³/mol. The van der Waals surface area contributed by atoms with E-state index in [9.17, 15) is 4.79 Å². The van der Waals surface area contributed by atoms with Crippen LogP contribution in [0.15, 0.2) is 34.9 Å². The second-order valence-electron chi connectivity index (χ2n) is 5.17. The van der Waals surface area contributed by atoms with Crippen molar-refractivity contribution in [3.05, 3.63) is 40.5 Å². The molecular formula is C16H16BrN3O2. The Hall–Kier alpha value is -2.08. The summed E-state index contributed by atoms with van der Waals surface area (Å²) in [5, 5.41) is 0. The molecule has 0 spiro atoms. The van der Waals surface area contributed by atoms with Crippen LogP contribution in [0.5, 0.6) is 0 Å². The zero-order valence-corrected chi connectivity index (χ0v) is 14.2. The summed E-state index contributed by atoms with van der Waals surface area (Å²) in [4.78, 5) is 18.7. The van der Waals surface area contributed by atoms with Gasteiger partial charge in [-0.1, -0.05) is 15.9 Å². The number of carbonyl (C=O) groups excluding carboxylic acids is 1. The van der Waals surface area contributed by atoms with Gasteiger partial charge < -0.3 is 14.0 Å². The molecule has 0 bridgehead atoms.